The van der Waals surface area contributed by atoms with E-state index in [1.165, 1.54) is 6.07 Å². The van der Waals surface area contributed by atoms with Gasteiger partial charge in [-0.25, -0.2) is 31.6 Å². The van der Waals surface area contributed by atoms with Crippen LogP contribution in [0.1, 0.15) is 76.3 Å². The molecule has 0 aliphatic rings. The molecular weight excluding hydrogens is 761 g/mol. The first-order valence-corrected chi connectivity index (χ1v) is 21.0. The molecule has 3 aromatic heterocycles. The second-order valence-corrected chi connectivity index (χ2v) is 17.6. The van der Waals surface area contributed by atoms with Crippen LogP contribution in [0.2, 0.25) is 0 Å². The van der Waals surface area contributed by atoms with Crippen LogP contribution >= 0.6 is 0 Å². The molecule has 0 bridgehead atoms. The van der Waals surface area contributed by atoms with Gasteiger partial charge in [-0.3, -0.25) is 13.7 Å². The van der Waals surface area contributed by atoms with Crippen molar-refractivity contribution >= 4 is 30.6 Å². The zero-order valence-electron chi connectivity index (χ0n) is 31.8. The van der Waals surface area contributed by atoms with E-state index in [2.05, 4.69) is 4.18 Å². The van der Waals surface area contributed by atoms with E-state index >= 15 is 0 Å². The zero-order chi connectivity index (χ0) is 40.8. The van der Waals surface area contributed by atoms with Gasteiger partial charge in [0, 0.05) is 11.5 Å². The highest BCUT2D eigenvalue weighted by molar-refractivity contribution is 7.86. The van der Waals surface area contributed by atoms with Crippen molar-refractivity contribution in [2.75, 3.05) is 0 Å². The smallest absolute Gasteiger partial charge is 0.282 e. The van der Waals surface area contributed by atoms with Crippen LogP contribution in [-0.4, -0.2) is 52.6 Å². The number of nitrogens with zero attached hydrogens (tertiary/aromatic N) is 6. The molecule has 0 radical (unpaired) electrons. The van der Waals surface area contributed by atoms with Crippen molar-refractivity contribution < 1.29 is 56.8 Å². The largest absolute Gasteiger partial charge is 0.401 e. The first-order valence-electron chi connectivity index (χ1n) is 16.8. The Bertz CT molecular complexity index is 2360. The fourth-order valence-electron chi connectivity index (χ4n) is 5.25. The van der Waals surface area contributed by atoms with Crippen molar-refractivity contribution in [1.82, 2.24) is 13.7 Å². The van der Waals surface area contributed by atoms with Crippen LogP contribution in [-0.2, 0) is 62.5 Å². The highest BCUT2D eigenvalue weighted by Gasteiger charge is 2.27. The van der Waals surface area contributed by atoms with Crippen LogP contribution in [0.3, 0.4) is 0 Å². The van der Waals surface area contributed by atoms with Crippen LogP contribution < -0.4 is 13.7 Å². The Kier molecular flexibility index (Phi) is 14.7. The van der Waals surface area contributed by atoms with E-state index in [-0.39, 0.29) is 27.5 Å². The summed E-state index contributed by atoms with van der Waals surface area (Å²) in [4.78, 5) is -0.0880. The van der Waals surface area contributed by atoms with Crippen LogP contribution in [0.4, 0.5) is 0 Å². The number of imidazole rings is 3. The molecule has 16 nitrogen and oxygen atoms in total. The van der Waals surface area contributed by atoms with E-state index in [4.69, 9.17) is 4.55 Å². The molecule has 0 spiro atoms. The topological polar surface area (TPSA) is 199 Å². The third kappa shape index (κ3) is 13.0. The maximum Gasteiger partial charge on any atom is 0.401 e. The molecule has 1 unspecified atom stereocenters. The molecule has 1 atom stereocenters. The normalized spacial score (nSPS) is 12.7. The van der Waals surface area contributed by atoms with E-state index in [1.807, 2.05) is 81.8 Å². The molecule has 5 rings (SSSR count). The van der Waals surface area contributed by atoms with Crippen LogP contribution in [0, 0.1) is 5.92 Å². The Labute approximate surface area is 318 Å². The molecular formula is C35H51N6O10S3+3. The predicted molar refractivity (Wildman–Crippen MR) is 198 cm³/mol. The van der Waals surface area contributed by atoms with E-state index in [9.17, 15) is 34.4 Å². The summed E-state index contributed by atoms with van der Waals surface area (Å²) in [5, 5.41) is 0. The summed E-state index contributed by atoms with van der Waals surface area (Å²) in [6.07, 6.45) is 15.2. The van der Waals surface area contributed by atoms with Gasteiger partial charge in [0.1, 0.15) is 53.5 Å². The second kappa shape index (κ2) is 17.9. The van der Waals surface area contributed by atoms with Crippen molar-refractivity contribution in [1.29, 1.82) is 0 Å². The lowest BCUT2D eigenvalue weighted by Crippen LogP contribution is -2.26. The first-order chi connectivity index (χ1) is 24.9. The van der Waals surface area contributed by atoms with Crippen molar-refractivity contribution in [3.8, 4) is 5.69 Å². The van der Waals surface area contributed by atoms with Gasteiger partial charge < -0.3 is 0 Å². The molecule has 0 saturated heterocycles. The molecule has 0 aliphatic carbocycles. The van der Waals surface area contributed by atoms with Gasteiger partial charge in [-0.1, -0.05) is 59.7 Å². The number of benzene rings is 2. The van der Waals surface area contributed by atoms with Crippen LogP contribution in [0.15, 0.2) is 102 Å². The molecule has 0 aliphatic heterocycles. The van der Waals surface area contributed by atoms with Gasteiger partial charge in [0.05, 0.1) is 21.1 Å². The lowest BCUT2D eigenvalue weighted by molar-refractivity contribution is -0.671. The first kappa shape index (κ1) is 44.2. The highest BCUT2D eigenvalue weighted by atomic mass is 32.3. The molecule has 3 N–H and O–H groups in total. The Morgan fingerprint density at radius 2 is 1.15 bits per heavy atom. The van der Waals surface area contributed by atoms with Gasteiger partial charge in [0.15, 0.2) is 5.69 Å². The zero-order valence-corrected chi connectivity index (χ0v) is 34.2. The summed E-state index contributed by atoms with van der Waals surface area (Å²) < 4.78 is 110. The Morgan fingerprint density at radius 3 is 1.57 bits per heavy atom. The fourth-order valence-corrected chi connectivity index (χ4v) is 7.29. The Morgan fingerprint density at radius 1 is 0.648 bits per heavy atom. The summed E-state index contributed by atoms with van der Waals surface area (Å²) in [7, 11) is -7.38. The SMILES string of the molecule is CC(C)C(OS(=O)(=O)O)n1cc[n+](C)c1.CC(C)c1ccc(-n2cc[n+](C)c2)c(S(=O)(=O)O)c1.CC(C)c1ccc(Cn2cc[n+](C)c2)c(S(=O)(=O)O)c1. The predicted octanol–water partition coefficient (Wildman–Crippen LogP) is 3.69. The fraction of sp³-hybridized carbons (Fsp3) is 0.400. The van der Waals surface area contributed by atoms with Gasteiger partial charge >= 0.3 is 10.4 Å². The molecule has 5 aromatic rings. The third-order valence-corrected chi connectivity index (χ3v) is 10.3. The number of aryl methyl sites for hydroxylation is 3. The summed E-state index contributed by atoms with van der Waals surface area (Å²) in [5.74, 6) is 0.309. The van der Waals surface area contributed by atoms with Crippen LogP contribution in [0.25, 0.3) is 5.69 Å². The minimum absolute atomic E-state index is 0.0138. The minimum atomic E-state index is -4.44. The molecule has 0 fully saturated rings. The van der Waals surface area contributed by atoms with E-state index in [0.29, 0.717) is 17.8 Å². The lowest BCUT2D eigenvalue weighted by atomic mass is 10.0. The standard InChI is InChI=1S/C14H18N2O3S.C13H16N2O3S.C8H14N2O4S/c1-11(2)12-4-5-13(14(8-12)20(17,18)19)9-16-7-6-15(3)10-16;1-10(2)11-4-5-12(13(8-11)19(16,17)18)15-7-6-14(3)9-15;1-7(2)8(14-15(11,12)13)10-5-4-9(3)6-10/h4-8,10-11H,9H2,1-3H3;4-10H,1-3H3;4-8H,1-3H3/p+3. The molecule has 54 heavy (non-hydrogen) atoms. The van der Waals surface area contributed by atoms with Crippen molar-refractivity contribution in [3.63, 3.8) is 0 Å². The van der Waals surface area contributed by atoms with Crippen molar-refractivity contribution in [2.45, 2.75) is 75.9 Å². The van der Waals surface area contributed by atoms with Gasteiger partial charge in [0.25, 0.3) is 20.2 Å². The maximum atomic E-state index is 11.6. The molecule has 3 heterocycles. The minimum Gasteiger partial charge on any atom is -0.282 e. The summed E-state index contributed by atoms with van der Waals surface area (Å²) >= 11 is 0. The molecule has 2 aromatic carbocycles. The molecule has 0 amide bonds. The van der Waals surface area contributed by atoms with Crippen molar-refractivity contribution in [2.24, 2.45) is 27.1 Å². The Balaban J connectivity index is 0.000000220. The average Bonchev–Trinajstić information content (AvgIpc) is 3.80. The number of hydrogen-bond acceptors (Lipinski definition) is 7. The summed E-state index contributed by atoms with van der Waals surface area (Å²) in [6, 6.07) is 10.3. The van der Waals surface area contributed by atoms with E-state index in [0.717, 1.165) is 11.1 Å². The van der Waals surface area contributed by atoms with Crippen LogP contribution in [0.5, 0.6) is 0 Å². The molecule has 19 heteroatoms. The van der Waals surface area contributed by atoms with E-state index < -0.39 is 36.9 Å². The number of rotatable bonds is 11. The maximum absolute atomic E-state index is 11.6. The summed E-state index contributed by atoms with van der Waals surface area (Å²) in [6.45, 7) is 11.9. The van der Waals surface area contributed by atoms with Gasteiger partial charge in [-0.15, -0.1) is 0 Å². The average molecular weight is 812 g/mol. The van der Waals surface area contributed by atoms with E-state index in [1.54, 1.807) is 94.8 Å². The van der Waals surface area contributed by atoms with Gasteiger partial charge in [-0.2, -0.15) is 25.3 Å². The quantitative estimate of drug-likeness (QED) is 0.131. The monoisotopic (exact) mass is 811 g/mol. The highest BCUT2D eigenvalue weighted by Crippen LogP contribution is 2.26. The van der Waals surface area contributed by atoms with Crippen molar-refractivity contribution in [3.05, 3.63) is 109 Å². The number of aromatic nitrogens is 6. The number of hydrogen-bond donors (Lipinski definition) is 3. The summed E-state index contributed by atoms with van der Waals surface area (Å²) in [5.41, 5.74) is 2.77. The molecule has 296 valence electrons. The van der Waals surface area contributed by atoms with Gasteiger partial charge in [-0.05, 0) is 41.2 Å². The molecule has 0 saturated carbocycles. The van der Waals surface area contributed by atoms with Gasteiger partial charge in [0.2, 0.25) is 25.2 Å². The third-order valence-electron chi connectivity index (χ3n) is 8.06. The Hall–Kier alpha value is -4.24. The lowest BCUT2D eigenvalue weighted by Gasteiger charge is -2.15. The second-order valence-electron chi connectivity index (χ2n) is 13.8.